The molecule has 0 amide bonds. The molecule has 5 nitrogen and oxygen atoms in total. The molecular weight excluding hydrogens is 242 g/mol. The molecule has 3 rings (SSSR count). The van der Waals surface area contributed by atoms with Gasteiger partial charge in [-0.2, -0.15) is 0 Å². The van der Waals surface area contributed by atoms with Crippen molar-refractivity contribution in [1.29, 1.82) is 0 Å². The first-order valence-electron chi connectivity index (χ1n) is 6.37. The number of hydrogen-bond donors (Lipinski definition) is 2. The zero-order chi connectivity index (χ0) is 13.4. The summed E-state index contributed by atoms with van der Waals surface area (Å²) in [5.41, 5.74) is 9.18. The van der Waals surface area contributed by atoms with Crippen LogP contribution in [0.25, 0.3) is 10.9 Å². The van der Waals surface area contributed by atoms with Gasteiger partial charge in [-0.25, -0.2) is 0 Å². The molecule has 100 valence electrons. The lowest BCUT2D eigenvalue weighted by atomic mass is 10.1. The monoisotopic (exact) mass is 259 g/mol. The minimum Gasteiger partial charge on any atom is -0.494 e. The standard InChI is InChI=1S/C14H17N3O2/c1-17-12-3-2-9(15)8-10(12)13(14(17)18)11-4-6-19-7-5-16-11/h2-3,8,18H,4-7,15H2,1H3. The maximum Gasteiger partial charge on any atom is 0.201 e. The molecule has 0 fully saturated rings. The summed E-state index contributed by atoms with van der Waals surface area (Å²) in [6.45, 7) is 1.90. The van der Waals surface area contributed by atoms with Crippen LogP contribution in [0.5, 0.6) is 5.88 Å². The molecule has 2 aromatic rings. The van der Waals surface area contributed by atoms with Gasteiger partial charge in [-0.05, 0) is 18.2 Å². The van der Waals surface area contributed by atoms with Crippen molar-refractivity contribution in [3.63, 3.8) is 0 Å². The van der Waals surface area contributed by atoms with Gasteiger partial charge in [0, 0.05) is 24.5 Å². The van der Waals surface area contributed by atoms with E-state index in [1.807, 2.05) is 25.2 Å². The highest BCUT2D eigenvalue weighted by Gasteiger charge is 2.20. The van der Waals surface area contributed by atoms with Gasteiger partial charge in [0.05, 0.1) is 36.6 Å². The maximum atomic E-state index is 10.4. The van der Waals surface area contributed by atoms with Crippen LogP contribution < -0.4 is 5.73 Å². The second kappa shape index (κ2) is 4.59. The fourth-order valence-corrected chi connectivity index (χ4v) is 2.53. The molecule has 0 radical (unpaired) electrons. The van der Waals surface area contributed by atoms with Gasteiger partial charge in [0.1, 0.15) is 0 Å². The lowest BCUT2D eigenvalue weighted by molar-refractivity contribution is 0.153. The van der Waals surface area contributed by atoms with E-state index in [0.29, 0.717) is 31.9 Å². The molecule has 0 saturated heterocycles. The molecule has 2 heterocycles. The Kier molecular flexibility index (Phi) is 2.91. The summed E-state index contributed by atoms with van der Waals surface area (Å²) >= 11 is 0. The van der Waals surface area contributed by atoms with Gasteiger partial charge in [0.25, 0.3) is 0 Å². The molecule has 3 N–H and O–H groups in total. The van der Waals surface area contributed by atoms with Crippen LogP contribution in [0.4, 0.5) is 5.69 Å². The Balaban J connectivity index is 2.24. The molecule has 0 bridgehead atoms. The van der Waals surface area contributed by atoms with E-state index in [-0.39, 0.29) is 5.88 Å². The lowest BCUT2D eigenvalue weighted by Crippen LogP contribution is -2.03. The van der Waals surface area contributed by atoms with E-state index in [9.17, 15) is 5.11 Å². The molecule has 1 aliphatic rings. The zero-order valence-electron chi connectivity index (χ0n) is 10.9. The highest BCUT2D eigenvalue weighted by molar-refractivity contribution is 6.13. The molecule has 0 spiro atoms. The number of fused-ring (bicyclic) bond motifs is 1. The van der Waals surface area contributed by atoms with Crippen LogP contribution in [0.3, 0.4) is 0 Å². The van der Waals surface area contributed by atoms with Crippen LogP contribution in [-0.2, 0) is 11.8 Å². The van der Waals surface area contributed by atoms with Crippen molar-refractivity contribution in [3.05, 3.63) is 23.8 Å². The highest BCUT2D eigenvalue weighted by atomic mass is 16.5. The number of aromatic nitrogens is 1. The number of hydrogen-bond acceptors (Lipinski definition) is 4. The Labute approximate surface area is 111 Å². The van der Waals surface area contributed by atoms with E-state index in [1.54, 1.807) is 4.57 Å². The summed E-state index contributed by atoms with van der Waals surface area (Å²) in [5.74, 6) is 0.237. The van der Waals surface area contributed by atoms with Crippen LogP contribution >= 0.6 is 0 Å². The van der Waals surface area contributed by atoms with E-state index in [1.165, 1.54) is 0 Å². The van der Waals surface area contributed by atoms with Gasteiger partial charge in [-0.3, -0.25) is 4.99 Å². The number of ether oxygens (including phenoxy) is 1. The number of aromatic hydroxyl groups is 1. The maximum absolute atomic E-state index is 10.4. The van der Waals surface area contributed by atoms with Crippen LogP contribution in [0.1, 0.15) is 12.0 Å². The van der Waals surface area contributed by atoms with Crippen molar-refractivity contribution >= 4 is 22.3 Å². The average Bonchev–Trinajstić information content (AvgIpc) is 2.62. The molecule has 0 saturated carbocycles. The molecule has 1 aliphatic heterocycles. The number of aliphatic imine (C=N–C) groups is 1. The Bertz CT molecular complexity index is 658. The third-order valence-corrected chi connectivity index (χ3v) is 3.50. The largest absolute Gasteiger partial charge is 0.494 e. The Morgan fingerprint density at radius 1 is 1.37 bits per heavy atom. The van der Waals surface area contributed by atoms with Crippen molar-refractivity contribution in [3.8, 4) is 5.88 Å². The van der Waals surface area contributed by atoms with Crippen LogP contribution in [0, 0.1) is 0 Å². The van der Waals surface area contributed by atoms with Crippen LogP contribution in [0.15, 0.2) is 23.2 Å². The number of anilines is 1. The number of nitrogens with two attached hydrogens (primary N) is 1. The van der Waals surface area contributed by atoms with E-state index in [0.717, 1.165) is 22.2 Å². The topological polar surface area (TPSA) is 72.8 Å². The molecule has 19 heavy (non-hydrogen) atoms. The fraction of sp³-hybridized carbons (Fsp3) is 0.357. The predicted molar refractivity (Wildman–Crippen MR) is 75.8 cm³/mol. The van der Waals surface area contributed by atoms with E-state index in [2.05, 4.69) is 4.99 Å². The summed E-state index contributed by atoms with van der Waals surface area (Å²) in [5, 5.41) is 11.3. The summed E-state index contributed by atoms with van der Waals surface area (Å²) < 4.78 is 7.16. The number of rotatable bonds is 1. The van der Waals surface area contributed by atoms with Crippen molar-refractivity contribution in [2.45, 2.75) is 6.42 Å². The lowest BCUT2D eigenvalue weighted by Gasteiger charge is -2.04. The predicted octanol–water partition coefficient (Wildman–Crippen LogP) is 1.68. The smallest absolute Gasteiger partial charge is 0.201 e. The van der Waals surface area contributed by atoms with Gasteiger partial charge < -0.3 is 20.1 Å². The van der Waals surface area contributed by atoms with Gasteiger partial charge in [-0.1, -0.05) is 0 Å². The number of benzene rings is 1. The second-order valence-electron chi connectivity index (χ2n) is 4.72. The third kappa shape index (κ3) is 1.96. The fourth-order valence-electron chi connectivity index (χ4n) is 2.53. The first-order chi connectivity index (χ1) is 9.18. The summed E-state index contributed by atoms with van der Waals surface area (Å²) in [4.78, 5) is 4.52. The number of nitrogen functional groups attached to an aromatic ring is 1. The van der Waals surface area contributed by atoms with Crippen molar-refractivity contribution < 1.29 is 9.84 Å². The zero-order valence-corrected chi connectivity index (χ0v) is 10.9. The van der Waals surface area contributed by atoms with E-state index in [4.69, 9.17) is 10.5 Å². The van der Waals surface area contributed by atoms with E-state index < -0.39 is 0 Å². The van der Waals surface area contributed by atoms with Crippen molar-refractivity contribution in [2.24, 2.45) is 12.0 Å². The molecule has 1 aromatic carbocycles. The molecule has 0 aliphatic carbocycles. The Morgan fingerprint density at radius 3 is 3.05 bits per heavy atom. The van der Waals surface area contributed by atoms with Crippen molar-refractivity contribution in [2.75, 3.05) is 25.5 Å². The third-order valence-electron chi connectivity index (χ3n) is 3.50. The second-order valence-corrected chi connectivity index (χ2v) is 4.72. The highest BCUT2D eigenvalue weighted by Crippen LogP contribution is 2.33. The van der Waals surface area contributed by atoms with Gasteiger partial charge in [0.2, 0.25) is 5.88 Å². The molecule has 1 aromatic heterocycles. The minimum atomic E-state index is 0.237. The van der Waals surface area contributed by atoms with Gasteiger partial charge in [0.15, 0.2) is 0 Å². The first-order valence-corrected chi connectivity index (χ1v) is 6.37. The first kappa shape index (κ1) is 12.0. The number of aryl methyl sites for hydroxylation is 1. The Morgan fingerprint density at radius 2 is 2.21 bits per heavy atom. The number of nitrogens with zero attached hydrogens (tertiary/aromatic N) is 2. The minimum absolute atomic E-state index is 0.237. The normalized spacial score (nSPS) is 16.4. The van der Waals surface area contributed by atoms with Crippen LogP contribution in [-0.4, -0.2) is 35.1 Å². The SMILES string of the molecule is Cn1c(O)c(C2=NCCOCC2)c2cc(N)ccc21. The molecule has 5 heteroatoms. The van der Waals surface area contributed by atoms with Crippen LogP contribution in [0.2, 0.25) is 0 Å². The molecule has 0 unspecified atom stereocenters. The van der Waals surface area contributed by atoms with Gasteiger partial charge in [-0.15, -0.1) is 0 Å². The van der Waals surface area contributed by atoms with E-state index >= 15 is 0 Å². The molecule has 0 atom stereocenters. The average molecular weight is 259 g/mol. The Hall–Kier alpha value is -2.01. The summed E-state index contributed by atoms with van der Waals surface area (Å²) in [7, 11) is 1.84. The summed E-state index contributed by atoms with van der Waals surface area (Å²) in [6.07, 6.45) is 0.710. The molecular formula is C14H17N3O2. The summed E-state index contributed by atoms with van der Waals surface area (Å²) in [6, 6.07) is 5.64. The quantitative estimate of drug-likeness (QED) is 0.765. The van der Waals surface area contributed by atoms with Crippen molar-refractivity contribution in [1.82, 2.24) is 4.57 Å². The van der Waals surface area contributed by atoms with Gasteiger partial charge >= 0.3 is 0 Å².